The number of thiophene rings is 1. The van der Waals surface area contributed by atoms with Gasteiger partial charge in [0, 0.05) is 22.9 Å². The van der Waals surface area contributed by atoms with Crippen LogP contribution in [0.25, 0.3) is 10.4 Å². The van der Waals surface area contributed by atoms with E-state index in [1.165, 1.54) is 0 Å². The van der Waals surface area contributed by atoms with E-state index < -0.39 is 11.7 Å². The minimum absolute atomic E-state index is 0.0540. The van der Waals surface area contributed by atoms with Crippen molar-refractivity contribution in [3.05, 3.63) is 41.3 Å². The molecule has 1 aliphatic heterocycles. The van der Waals surface area contributed by atoms with E-state index in [0.717, 1.165) is 16.0 Å². The summed E-state index contributed by atoms with van der Waals surface area (Å²) in [6.07, 6.45) is -0.321. The molecule has 2 aromatic rings. The molecular weight excluding hydrogens is 350 g/mol. The van der Waals surface area contributed by atoms with Gasteiger partial charge in [-0.2, -0.15) is 0 Å². The van der Waals surface area contributed by atoms with Crippen molar-refractivity contribution in [2.45, 2.75) is 38.9 Å². The standard InChI is InChI=1S/C20H25NO4S/c1-20(2,3)25-19(24)21-11-14(17(23)12-21)10-13-8-9-26-18(13)15-6-4-5-7-16(15)22/h4-9,14,17,22-23H,10-12H2,1-3H3. The van der Waals surface area contributed by atoms with Gasteiger partial charge in [0.1, 0.15) is 11.4 Å². The molecule has 6 heteroatoms. The highest BCUT2D eigenvalue weighted by Gasteiger charge is 2.36. The first-order chi connectivity index (χ1) is 12.2. The first-order valence-electron chi connectivity index (χ1n) is 8.75. The molecule has 2 unspecified atom stereocenters. The molecule has 1 aromatic carbocycles. The van der Waals surface area contributed by atoms with Crippen molar-refractivity contribution in [2.75, 3.05) is 13.1 Å². The molecule has 0 saturated carbocycles. The molecule has 1 aromatic heterocycles. The monoisotopic (exact) mass is 375 g/mol. The van der Waals surface area contributed by atoms with Crippen LogP contribution in [0.2, 0.25) is 0 Å². The Morgan fingerprint density at radius 1 is 1.27 bits per heavy atom. The van der Waals surface area contributed by atoms with Crippen LogP contribution in [-0.4, -0.2) is 46.0 Å². The maximum absolute atomic E-state index is 12.2. The van der Waals surface area contributed by atoms with Crippen LogP contribution >= 0.6 is 11.3 Å². The molecule has 0 bridgehead atoms. The number of phenolic OH excluding ortho intramolecular Hbond substituents is 1. The second-order valence-electron chi connectivity index (χ2n) is 7.71. The van der Waals surface area contributed by atoms with Crippen LogP contribution in [0.4, 0.5) is 4.79 Å². The van der Waals surface area contributed by atoms with Gasteiger partial charge in [0.2, 0.25) is 0 Å². The number of aliphatic hydroxyl groups is 1. The Hall–Kier alpha value is -2.05. The average Bonchev–Trinajstić information content (AvgIpc) is 3.14. The molecule has 26 heavy (non-hydrogen) atoms. The third-order valence-electron chi connectivity index (χ3n) is 4.44. The number of aromatic hydroxyl groups is 1. The highest BCUT2D eigenvalue weighted by Crippen LogP contribution is 2.37. The van der Waals surface area contributed by atoms with Crippen LogP contribution in [0.15, 0.2) is 35.7 Å². The number of hydrogen-bond donors (Lipinski definition) is 2. The summed E-state index contributed by atoms with van der Waals surface area (Å²) in [6.45, 7) is 6.25. The topological polar surface area (TPSA) is 70.0 Å². The number of carbonyl (C=O) groups is 1. The van der Waals surface area contributed by atoms with Gasteiger partial charge < -0.3 is 19.8 Å². The molecular formula is C20H25NO4S. The van der Waals surface area contributed by atoms with Crippen molar-refractivity contribution >= 4 is 17.4 Å². The summed E-state index contributed by atoms with van der Waals surface area (Å²) < 4.78 is 5.41. The van der Waals surface area contributed by atoms with E-state index in [4.69, 9.17) is 4.74 Å². The Balaban J connectivity index is 1.72. The van der Waals surface area contributed by atoms with Crippen molar-refractivity contribution < 1.29 is 19.7 Å². The van der Waals surface area contributed by atoms with Gasteiger partial charge in [0.05, 0.1) is 12.6 Å². The minimum Gasteiger partial charge on any atom is -0.507 e. The zero-order valence-corrected chi connectivity index (χ0v) is 16.1. The smallest absolute Gasteiger partial charge is 0.410 e. The SMILES string of the molecule is CC(C)(C)OC(=O)N1CC(O)C(Cc2ccsc2-c2ccccc2O)C1. The van der Waals surface area contributed by atoms with Gasteiger partial charge in [0.25, 0.3) is 0 Å². The lowest BCUT2D eigenvalue weighted by Crippen LogP contribution is -2.35. The van der Waals surface area contributed by atoms with Crippen LogP contribution in [-0.2, 0) is 11.2 Å². The van der Waals surface area contributed by atoms with Crippen molar-refractivity contribution in [3.63, 3.8) is 0 Å². The van der Waals surface area contributed by atoms with Gasteiger partial charge in [0.15, 0.2) is 0 Å². The van der Waals surface area contributed by atoms with E-state index in [9.17, 15) is 15.0 Å². The quantitative estimate of drug-likeness (QED) is 0.854. The van der Waals surface area contributed by atoms with E-state index >= 15 is 0 Å². The molecule has 0 radical (unpaired) electrons. The summed E-state index contributed by atoms with van der Waals surface area (Å²) in [6, 6.07) is 9.28. The van der Waals surface area contributed by atoms with Crippen LogP contribution in [0.1, 0.15) is 26.3 Å². The maximum atomic E-state index is 12.2. The Morgan fingerprint density at radius 2 is 2.00 bits per heavy atom. The Kier molecular flexibility index (Phi) is 5.25. The van der Waals surface area contributed by atoms with Crippen molar-refractivity contribution in [2.24, 2.45) is 5.92 Å². The predicted molar refractivity (Wildman–Crippen MR) is 102 cm³/mol. The molecule has 2 heterocycles. The molecule has 3 rings (SSSR count). The highest BCUT2D eigenvalue weighted by atomic mass is 32.1. The lowest BCUT2D eigenvalue weighted by molar-refractivity contribution is 0.0269. The van der Waals surface area contributed by atoms with E-state index in [1.54, 1.807) is 28.4 Å². The van der Waals surface area contributed by atoms with Gasteiger partial charge >= 0.3 is 6.09 Å². The summed E-state index contributed by atoms with van der Waals surface area (Å²) in [5.41, 5.74) is 1.33. The lowest BCUT2D eigenvalue weighted by atomic mass is 9.95. The first-order valence-corrected chi connectivity index (χ1v) is 9.63. The molecule has 1 saturated heterocycles. The minimum atomic E-state index is -0.584. The number of rotatable bonds is 3. The molecule has 2 atom stereocenters. The number of aliphatic hydroxyl groups excluding tert-OH is 1. The van der Waals surface area contributed by atoms with Crippen molar-refractivity contribution in [1.29, 1.82) is 0 Å². The van der Waals surface area contributed by atoms with Gasteiger partial charge in [-0.1, -0.05) is 12.1 Å². The summed E-state index contributed by atoms with van der Waals surface area (Å²) in [5, 5.41) is 22.5. The van der Waals surface area contributed by atoms with E-state index in [-0.39, 0.29) is 24.3 Å². The molecule has 0 spiro atoms. The van der Waals surface area contributed by atoms with E-state index in [1.807, 2.05) is 44.4 Å². The number of β-amino-alcohol motifs (C(OH)–C–C–N with tert-alkyl or cyclic N) is 1. The molecule has 1 amide bonds. The predicted octanol–water partition coefficient (Wildman–Crippen LogP) is 3.89. The van der Waals surface area contributed by atoms with Crippen LogP contribution in [0.5, 0.6) is 5.75 Å². The number of likely N-dealkylation sites (tertiary alicyclic amines) is 1. The fourth-order valence-corrected chi connectivity index (χ4v) is 4.18. The van der Waals surface area contributed by atoms with Crippen LogP contribution < -0.4 is 0 Å². The zero-order valence-electron chi connectivity index (χ0n) is 15.3. The third-order valence-corrected chi connectivity index (χ3v) is 5.43. The van der Waals surface area contributed by atoms with Crippen molar-refractivity contribution in [3.8, 4) is 16.2 Å². The highest BCUT2D eigenvalue weighted by molar-refractivity contribution is 7.13. The molecule has 0 aliphatic carbocycles. The summed E-state index contributed by atoms with van der Waals surface area (Å²) >= 11 is 1.57. The fourth-order valence-electron chi connectivity index (χ4n) is 3.21. The van der Waals surface area contributed by atoms with Crippen LogP contribution in [0.3, 0.4) is 0 Å². The van der Waals surface area contributed by atoms with Gasteiger partial charge in [-0.25, -0.2) is 4.79 Å². The summed E-state index contributed by atoms with van der Waals surface area (Å²) in [4.78, 5) is 14.8. The molecule has 140 valence electrons. The normalized spacial score (nSPS) is 20.4. The molecule has 5 nitrogen and oxygen atoms in total. The van der Waals surface area contributed by atoms with Gasteiger partial charge in [-0.05, 0) is 56.3 Å². The first kappa shape index (κ1) is 18.7. The number of phenols is 1. The van der Waals surface area contributed by atoms with Gasteiger partial charge in [-0.3, -0.25) is 0 Å². The second-order valence-corrected chi connectivity index (χ2v) is 8.63. The average molecular weight is 375 g/mol. The van der Waals surface area contributed by atoms with E-state index in [2.05, 4.69) is 0 Å². The summed E-state index contributed by atoms with van der Waals surface area (Å²) in [7, 11) is 0. The summed E-state index contributed by atoms with van der Waals surface area (Å²) in [5.74, 6) is 0.195. The largest absolute Gasteiger partial charge is 0.507 e. The number of hydrogen-bond acceptors (Lipinski definition) is 5. The fraction of sp³-hybridized carbons (Fsp3) is 0.450. The Bertz CT molecular complexity index is 780. The lowest BCUT2D eigenvalue weighted by Gasteiger charge is -2.24. The number of amides is 1. The number of benzene rings is 1. The third kappa shape index (κ3) is 4.19. The van der Waals surface area contributed by atoms with Crippen molar-refractivity contribution in [1.82, 2.24) is 4.90 Å². The zero-order chi connectivity index (χ0) is 18.9. The Labute approximate surface area is 157 Å². The number of para-hydroxylation sites is 1. The second kappa shape index (κ2) is 7.29. The molecule has 1 fully saturated rings. The van der Waals surface area contributed by atoms with E-state index in [0.29, 0.717) is 13.0 Å². The molecule has 2 N–H and O–H groups in total. The number of carbonyl (C=O) groups excluding carboxylic acids is 1. The van der Waals surface area contributed by atoms with Crippen LogP contribution in [0, 0.1) is 5.92 Å². The maximum Gasteiger partial charge on any atom is 0.410 e. The number of nitrogens with zero attached hydrogens (tertiary/aromatic N) is 1. The molecule has 1 aliphatic rings. The van der Waals surface area contributed by atoms with Gasteiger partial charge in [-0.15, -0.1) is 11.3 Å². The Morgan fingerprint density at radius 3 is 2.69 bits per heavy atom. The number of ether oxygens (including phenoxy) is 1.